The molecule has 0 fully saturated rings. The summed E-state index contributed by atoms with van der Waals surface area (Å²) in [5.74, 6) is 0.00463. The molecule has 0 rings (SSSR count). The van der Waals surface area contributed by atoms with Gasteiger partial charge in [-0.05, 0) is 0 Å². The van der Waals surface area contributed by atoms with Crippen molar-refractivity contribution in [1.82, 2.24) is 11.5 Å². The van der Waals surface area contributed by atoms with Gasteiger partial charge in [0.2, 0.25) is 5.91 Å². The number of hydrogen-bond acceptors (Lipinski definition) is 3. The molecule has 0 spiro atoms. The zero-order chi connectivity index (χ0) is 6.28. The predicted molar refractivity (Wildman–Crippen MR) is 38.6 cm³/mol. The van der Waals surface area contributed by atoms with Crippen LogP contribution < -0.4 is 11.5 Å². The van der Waals surface area contributed by atoms with Crippen molar-refractivity contribution in [2.45, 2.75) is 14.4 Å². The van der Waals surface area contributed by atoms with Gasteiger partial charge in [-0.2, -0.15) is 0 Å². The lowest BCUT2D eigenvalue weighted by atomic mass is 10.7. The van der Waals surface area contributed by atoms with E-state index in [0.717, 1.165) is 0 Å². The van der Waals surface area contributed by atoms with E-state index in [0.29, 0.717) is 0 Å². The summed E-state index contributed by atoms with van der Waals surface area (Å²) in [6.45, 7) is 3.47. The average molecular weight is 136 g/mol. The van der Waals surface area contributed by atoms with Crippen LogP contribution in [0.5, 0.6) is 0 Å². The topological polar surface area (TPSA) is 81.2 Å². The summed E-state index contributed by atoms with van der Waals surface area (Å²) in [6, 6.07) is 0. The molecule has 0 saturated heterocycles. The van der Waals surface area contributed by atoms with Crippen LogP contribution in [0.3, 0.4) is 0 Å². The Morgan fingerprint density at radius 3 is 1.56 bits per heavy atom. The van der Waals surface area contributed by atoms with Gasteiger partial charge < -0.3 is 16.3 Å². The lowest BCUT2D eigenvalue weighted by molar-refractivity contribution is -0.118. The fraction of sp³-hybridized carbons (Fsp3) is 0.600. The van der Waals surface area contributed by atoms with Gasteiger partial charge in [-0.3, -0.25) is 4.79 Å². The first-order valence-corrected chi connectivity index (χ1v) is 1.74. The molecule has 1 amide bonds. The Labute approximate surface area is 56.2 Å². The number of nitrogens with one attached hydrogen (secondary N) is 1. The molecule has 0 saturated carbocycles. The second kappa shape index (κ2) is 27.5. The third kappa shape index (κ3) is 153. The second-order valence-electron chi connectivity index (χ2n) is 0.806. The van der Waals surface area contributed by atoms with Crippen molar-refractivity contribution in [2.24, 2.45) is 0 Å². The number of carbonyl (C=O) groups is 2. The highest BCUT2D eigenvalue weighted by atomic mass is 16.1. The van der Waals surface area contributed by atoms with E-state index in [2.05, 4.69) is 5.32 Å². The molecule has 0 aromatic rings. The molecule has 0 radical (unpaired) electrons. The maximum Gasteiger partial charge on any atom is 0.216 e. The van der Waals surface area contributed by atoms with Crippen LogP contribution in [-0.4, -0.2) is 19.7 Å². The van der Waals surface area contributed by atoms with Crippen LogP contribution in [-0.2, 0) is 9.59 Å². The number of hydrogen-bond donors (Lipinski definition) is 2. The van der Waals surface area contributed by atoms with E-state index < -0.39 is 0 Å². The highest BCUT2D eigenvalue weighted by Gasteiger charge is 1.72. The molecule has 58 valence electrons. The maximum absolute atomic E-state index is 9.70. The Bertz CT molecular complexity index is 56.9. The van der Waals surface area contributed by atoms with Gasteiger partial charge in [-0.1, -0.05) is 7.43 Å². The Hall–Kier alpha value is -0.900. The summed E-state index contributed by atoms with van der Waals surface area (Å²) in [4.78, 5) is 17.7. The van der Waals surface area contributed by atoms with Crippen molar-refractivity contribution in [3.8, 4) is 0 Å². The van der Waals surface area contributed by atoms with Crippen molar-refractivity contribution < 1.29 is 9.59 Å². The van der Waals surface area contributed by atoms with Crippen molar-refractivity contribution in [3.05, 3.63) is 0 Å². The summed E-state index contributed by atoms with van der Waals surface area (Å²) in [5.41, 5.74) is 0. The van der Waals surface area contributed by atoms with Crippen LogP contribution in [0.1, 0.15) is 14.4 Å². The van der Waals surface area contributed by atoms with E-state index in [1.165, 1.54) is 6.92 Å². The standard InChI is InChI=1S/C3H7NO.CH2O.CH4.H3N/c1-3(5)4-2;1-2;;/h1-2H3,(H,4,5);1H2;1H4;1H3. The quantitative estimate of drug-likeness (QED) is 0.504. The third-order valence-corrected chi connectivity index (χ3v) is 0.352. The van der Waals surface area contributed by atoms with Crippen LogP contribution in [0.25, 0.3) is 0 Å². The smallest absolute Gasteiger partial charge is 0.216 e. The Kier molecular flexibility index (Phi) is 74.2. The van der Waals surface area contributed by atoms with E-state index in [1.807, 2.05) is 6.79 Å². The Morgan fingerprint density at radius 1 is 1.44 bits per heavy atom. The minimum Gasteiger partial charge on any atom is -0.359 e. The van der Waals surface area contributed by atoms with Gasteiger partial charge >= 0.3 is 0 Å². The molecule has 0 aromatic carbocycles. The summed E-state index contributed by atoms with van der Waals surface area (Å²) in [6.07, 6.45) is 0. The fourth-order valence-corrected chi connectivity index (χ4v) is 0. The van der Waals surface area contributed by atoms with Gasteiger partial charge in [0.15, 0.2) is 0 Å². The molecule has 0 aromatic heterocycles. The van der Waals surface area contributed by atoms with Gasteiger partial charge in [0, 0.05) is 14.0 Å². The minimum atomic E-state index is 0. The maximum atomic E-state index is 9.70. The van der Waals surface area contributed by atoms with Gasteiger partial charge in [0.05, 0.1) is 0 Å². The van der Waals surface area contributed by atoms with Crippen molar-refractivity contribution in [1.29, 1.82) is 0 Å². The van der Waals surface area contributed by atoms with Gasteiger partial charge in [0.1, 0.15) is 6.79 Å². The minimum absolute atomic E-state index is 0. The van der Waals surface area contributed by atoms with Crippen LogP contribution in [0.4, 0.5) is 0 Å². The van der Waals surface area contributed by atoms with Crippen molar-refractivity contribution in [3.63, 3.8) is 0 Å². The van der Waals surface area contributed by atoms with Crippen LogP contribution >= 0.6 is 0 Å². The van der Waals surface area contributed by atoms with E-state index in [1.54, 1.807) is 7.05 Å². The zero-order valence-electron chi connectivity index (χ0n) is 5.23. The molecule has 0 aliphatic rings. The first-order valence-electron chi connectivity index (χ1n) is 1.74. The molecule has 4 N–H and O–H groups in total. The summed E-state index contributed by atoms with van der Waals surface area (Å²) in [5, 5.41) is 2.39. The van der Waals surface area contributed by atoms with E-state index in [-0.39, 0.29) is 19.5 Å². The third-order valence-electron chi connectivity index (χ3n) is 0.352. The van der Waals surface area contributed by atoms with Crippen LogP contribution in [0.15, 0.2) is 0 Å². The summed E-state index contributed by atoms with van der Waals surface area (Å²) < 4.78 is 0. The second-order valence-corrected chi connectivity index (χ2v) is 0.806. The van der Waals surface area contributed by atoms with Crippen molar-refractivity contribution in [2.75, 3.05) is 7.05 Å². The van der Waals surface area contributed by atoms with Gasteiger partial charge in [-0.15, -0.1) is 0 Å². The lowest BCUT2D eigenvalue weighted by Crippen LogP contribution is -2.11. The SMILES string of the molecule is C.C=O.CNC(C)=O.N. The number of carbonyl (C=O) groups excluding carboxylic acids is 2. The largest absolute Gasteiger partial charge is 0.359 e. The molecule has 0 aliphatic carbocycles. The normalized spacial score (nSPS) is 4.22. The van der Waals surface area contributed by atoms with E-state index in [9.17, 15) is 4.79 Å². The molecule has 0 heterocycles. The molecular formula is C5H16N2O2. The first-order chi connectivity index (χ1) is 3.27. The molecule has 0 aliphatic heterocycles. The highest BCUT2D eigenvalue weighted by molar-refractivity contribution is 5.72. The van der Waals surface area contributed by atoms with Crippen LogP contribution in [0.2, 0.25) is 0 Å². The fourth-order valence-electron chi connectivity index (χ4n) is 0. The Morgan fingerprint density at radius 2 is 1.56 bits per heavy atom. The zero-order valence-corrected chi connectivity index (χ0v) is 5.23. The number of rotatable bonds is 0. The van der Waals surface area contributed by atoms with Gasteiger partial charge in [-0.25, -0.2) is 0 Å². The summed E-state index contributed by atoms with van der Waals surface area (Å²) >= 11 is 0. The summed E-state index contributed by atoms with van der Waals surface area (Å²) in [7, 11) is 1.60. The Balaban J connectivity index is -0.0000000286. The molecule has 4 heteroatoms. The van der Waals surface area contributed by atoms with E-state index in [4.69, 9.17) is 4.79 Å². The predicted octanol–water partition coefficient (Wildman–Crippen LogP) is 0.366. The average Bonchev–Trinajstić information content (AvgIpc) is 1.73. The molecule has 4 nitrogen and oxygen atoms in total. The van der Waals surface area contributed by atoms with Crippen molar-refractivity contribution >= 4 is 12.7 Å². The van der Waals surface area contributed by atoms with Crippen LogP contribution in [0, 0.1) is 0 Å². The molecule has 0 unspecified atom stereocenters. The number of amides is 1. The first kappa shape index (κ1) is 24.3. The highest BCUT2D eigenvalue weighted by Crippen LogP contribution is 1.45. The monoisotopic (exact) mass is 136 g/mol. The molecular weight excluding hydrogens is 120 g/mol. The van der Waals surface area contributed by atoms with E-state index >= 15 is 0 Å². The molecule has 0 atom stereocenters. The lowest BCUT2D eigenvalue weighted by Gasteiger charge is -1.80. The molecule has 9 heavy (non-hydrogen) atoms. The molecule has 0 bridgehead atoms. The van der Waals surface area contributed by atoms with Gasteiger partial charge in [0.25, 0.3) is 0 Å².